The molecule has 3 amide bonds. The summed E-state index contributed by atoms with van der Waals surface area (Å²) in [7, 11) is 1.45. The van der Waals surface area contributed by atoms with E-state index in [0.717, 1.165) is 49.9 Å². The maximum Gasteiger partial charge on any atom is 0.416 e. The lowest BCUT2D eigenvalue weighted by Crippen LogP contribution is -2.42. The number of carbonyl (C=O) groups is 3. The Bertz CT molecular complexity index is 1740. The highest BCUT2D eigenvalue weighted by Crippen LogP contribution is 2.68. The van der Waals surface area contributed by atoms with Crippen LogP contribution in [-0.4, -0.2) is 51.6 Å². The van der Waals surface area contributed by atoms with E-state index in [4.69, 9.17) is 4.74 Å². The summed E-state index contributed by atoms with van der Waals surface area (Å²) < 4.78 is 44.7. The van der Waals surface area contributed by atoms with Crippen molar-refractivity contribution in [3.8, 4) is 11.5 Å². The molecule has 0 spiro atoms. The van der Waals surface area contributed by atoms with Crippen molar-refractivity contribution < 1.29 is 37.4 Å². The van der Waals surface area contributed by atoms with Crippen LogP contribution in [0.3, 0.4) is 0 Å². The molecule has 14 heteroatoms. The lowest BCUT2D eigenvalue weighted by molar-refractivity contribution is -0.143. The highest BCUT2D eigenvalue weighted by molar-refractivity contribution is 8.00. The number of anilines is 1. The third kappa shape index (κ3) is 4.36. The number of nitrogens with one attached hydrogen (secondary N) is 2. The number of benzene rings is 2. The summed E-state index contributed by atoms with van der Waals surface area (Å²) in [6.07, 6.45) is -3.95. The predicted octanol–water partition coefficient (Wildman–Crippen LogP) is 4.28. The Kier molecular flexibility index (Phi) is 6.43. The second kappa shape index (κ2) is 9.88. The second-order valence-electron chi connectivity index (χ2n) is 11.3. The fourth-order valence-corrected chi connectivity index (χ4v) is 10.5. The minimum absolute atomic E-state index is 0.0286. The van der Waals surface area contributed by atoms with Gasteiger partial charge >= 0.3 is 11.0 Å². The number of likely N-dealkylation sites (tertiary alicyclic amines) is 1. The summed E-state index contributed by atoms with van der Waals surface area (Å²) in [5, 5.41) is 13.2. The molecule has 7 unspecified atom stereocenters. The molecule has 2 saturated carbocycles. The number of rotatable bonds is 5. The molecule has 7 atom stereocenters. The van der Waals surface area contributed by atoms with Crippen LogP contribution in [0, 0.1) is 29.6 Å². The van der Waals surface area contributed by atoms with Crippen molar-refractivity contribution in [1.29, 1.82) is 0 Å². The van der Waals surface area contributed by atoms with Gasteiger partial charge in [0, 0.05) is 21.7 Å². The number of thiazole rings is 1. The minimum Gasteiger partial charge on any atom is -0.504 e. The number of aromatic hydroxyl groups is 1. The van der Waals surface area contributed by atoms with Crippen LogP contribution in [0.25, 0.3) is 0 Å². The number of aromatic amines is 1. The maximum atomic E-state index is 13.7. The molecule has 2 aliphatic heterocycles. The molecule has 2 aromatic carbocycles. The van der Waals surface area contributed by atoms with Gasteiger partial charge in [-0.2, -0.15) is 13.2 Å². The third-order valence-corrected chi connectivity index (χ3v) is 11.7. The van der Waals surface area contributed by atoms with Crippen molar-refractivity contribution in [2.75, 3.05) is 19.0 Å². The average molecular weight is 632 g/mol. The van der Waals surface area contributed by atoms with E-state index in [9.17, 15) is 37.5 Å². The van der Waals surface area contributed by atoms with Gasteiger partial charge in [0.25, 0.3) is 0 Å². The summed E-state index contributed by atoms with van der Waals surface area (Å²) in [6.45, 7) is -0.595. The second-order valence-corrected chi connectivity index (χ2v) is 13.5. The molecule has 3 N–H and O–H groups in total. The van der Waals surface area contributed by atoms with Crippen LogP contribution in [0.4, 0.5) is 18.9 Å². The molecule has 224 valence electrons. The number of imide groups is 1. The van der Waals surface area contributed by atoms with Crippen molar-refractivity contribution in [3.05, 3.63) is 68.1 Å². The third-order valence-electron chi connectivity index (χ3n) is 9.15. The van der Waals surface area contributed by atoms with Gasteiger partial charge in [0.1, 0.15) is 6.54 Å². The largest absolute Gasteiger partial charge is 0.504 e. The van der Waals surface area contributed by atoms with E-state index >= 15 is 0 Å². The van der Waals surface area contributed by atoms with Crippen LogP contribution in [-0.2, 0) is 20.6 Å². The zero-order valence-corrected chi connectivity index (χ0v) is 24.0. The molecule has 2 bridgehead atoms. The number of methoxy groups -OCH3 is 1. The van der Waals surface area contributed by atoms with E-state index in [2.05, 4.69) is 10.3 Å². The Balaban J connectivity index is 1.17. The molecule has 2 aliphatic carbocycles. The van der Waals surface area contributed by atoms with Crippen LogP contribution in [0.5, 0.6) is 11.5 Å². The minimum atomic E-state index is -4.59. The molecular formula is C29H24F3N3O6S2. The smallest absolute Gasteiger partial charge is 0.416 e. The number of hydrogen-bond acceptors (Lipinski definition) is 8. The van der Waals surface area contributed by atoms with Gasteiger partial charge in [-0.05, 0) is 60.1 Å². The summed E-state index contributed by atoms with van der Waals surface area (Å²) in [4.78, 5) is 57.1. The van der Waals surface area contributed by atoms with Gasteiger partial charge < -0.3 is 20.1 Å². The van der Waals surface area contributed by atoms with Crippen molar-refractivity contribution in [2.45, 2.75) is 28.8 Å². The standard InChI is InChI=1S/C29H24F3N3O6S2/c1-41-17-7-11(5-6-16(17)36)19-20-14-9-15(23(20)42-25-24(19)43-28(40)34-25)22-21(14)26(38)35(27(22)39)10-18(37)33-13-4-2-3-12(8-13)29(30,31)32/h2-8,14-15,19-23,36H,9-10H2,1H3,(H,33,37)(H,34,40). The van der Waals surface area contributed by atoms with E-state index in [1.807, 2.05) is 0 Å². The Morgan fingerprint density at radius 1 is 1.12 bits per heavy atom. The number of phenols is 1. The summed E-state index contributed by atoms with van der Waals surface area (Å²) in [5.74, 6) is -3.43. The summed E-state index contributed by atoms with van der Waals surface area (Å²) in [6, 6.07) is 9.19. The van der Waals surface area contributed by atoms with E-state index in [0.29, 0.717) is 6.42 Å². The fourth-order valence-electron chi connectivity index (χ4n) is 7.61. The van der Waals surface area contributed by atoms with Gasteiger partial charge in [0.05, 0.1) is 29.5 Å². The van der Waals surface area contributed by atoms with Gasteiger partial charge in [-0.1, -0.05) is 23.5 Å². The first-order valence-corrected chi connectivity index (χ1v) is 15.2. The Hall–Kier alpha value is -3.78. The highest BCUT2D eigenvalue weighted by atomic mass is 32.2. The number of phenolic OH excluding ortho intramolecular Hbond substituents is 1. The first-order chi connectivity index (χ1) is 20.5. The van der Waals surface area contributed by atoms with Crippen LogP contribution in [0.2, 0.25) is 0 Å². The van der Waals surface area contributed by atoms with Gasteiger partial charge in [-0.25, -0.2) is 0 Å². The number of hydrogen-bond donors (Lipinski definition) is 3. The zero-order chi connectivity index (χ0) is 30.4. The number of H-pyrrole nitrogens is 1. The van der Waals surface area contributed by atoms with E-state index in [-0.39, 0.29) is 51.0 Å². The molecule has 1 aromatic heterocycles. The molecule has 9 nitrogen and oxygen atoms in total. The molecule has 7 rings (SSSR count). The SMILES string of the molecule is COc1cc(C2c3sc(=O)[nH]c3SC3C4CC(C5C(=O)N(CC(=O)Nc6cccc(C(F)(F)F)c6)C(=O)C45)C23)ccc1O. The lowest BCUT2D eigenvalue weighted by atomic mass is 9.68. The van der Waals surface area contributed by atoms with Crippen LogP contribution >= 0.6 is 23.1 Å². The highest BCUT2D eigenvalue weighted by Gasteiger charge is 2.69. The number of amides is 3. The molecule has 3 fully saturated rings. The van der Waals surface area contributed by atoms with Crippen molar-refractivity contribution in [3.63, 3.8) is 0 Å². The molecule has 3 heterocycles. The monoisotopic (exact) mass is 631 g/mol. The Labute approximate surface area is 250 Å². The average Bonchev–Trinajstić information content (AvgIpc) is 3.69. The maximum absolute atomic E-state index is 13.7. The molecule has 4 aliphatic rings. The van der Waals surface area contributed by atoms with Gasteiger partial charge in [0.15, 0.2) is 11.5 Å². The van der Waals surface area contributed by atoms with Crippen molar-refractivity contribution in [1.82, 2.24) is 9.88 Å². The molecule has 3 aromatic rings. The molecule has 43 heavy (non-hydrogen) atoms. The van der Waals surface area contributed by atoms with E-state index in [1.165, 1.54) is 31.0 Å². The summed E-state index contributed by atoms with van der Waals surface area (Å²) >= 11 is 2.62. The van der Waals surface area contributed by atoms with Crippen molar-refractivity contribution in [2.24, 2.45) is 29.6 Å². The van der Waals surface area contributed by atoms with Gasteiger partial charge in [-0.15, -0.1) is 11.8 Å². The first kappa shape index (κ1) is 28.0. The van der Waals surface area contributed by atoms with Crippen LogP contribution in [0.15, 0.2) is 52.3 Å². The number of halogens is 3. The molecule has 0 radical (unpaired) electrons. The number of alkyl halides is 3. The number of carbonyl (C=O) groups excluding carboxylic acids is 3. The number of nitrogens with zero attached hydrogens (tertiary/aromatic N) is 1. The number of fused-ring (bicyclic) bond motifs is 9. The van der Waals surface area contributed by atoms with Crippen LogP contribution in [0.1, 0.15) is 28.3 Å². The topological polar surface area (TPSA) is 129 Å². The molecule has 1 saturated heterocycles. The van der Waals surface area contributed by atoms with E-state index < -0.39 is 47.8 Å². The predicted molar refractivity (Wildman–Crippen MR) is 150 cm³/mol. The van der Waals surface area contributed by atoms with E-state index in [1.54, 1.807) is 12.1 Å². The number of ether oxygens (including phenoxy) is 1. The first-order valence-electron chi connectivity index (χ1n) is 13.5. The molecular weight excluding hydrogens is 607 g/mol. The van der Waals surface area contributed by atoms with Gasteiger partial charge in [-0.3, -0.25) is 24.1 Å². The quantitative estimate of drug-likeness (QED) is 0.359. The van der Waals surface area contributed by atoms with Crippen molar-refractivity contribution >= 4 is 46.5 Å². The van der Waals surface area contributed by atoms with Crippen LogP contribution < -0.4 is 14.9 Å². The normalized spacial score (nSPS) is 28.9. The summed E-state index contributed by atoms with van der Waals surface area (Å²) in [5.41, 5.74) is -0.200. The Morgan fingerprint density at radius 2 is 1.86 bits per heavy atom. The fraction of sp³-hybridized carbons (Fsp3) is 0.379. The lowest BCUT2D eigenvalue weighted by Gasteiger charge is -2.43. The zero-order valence-electron chi connectivity index (χ0n) is 22.4. The Morgan fingerprint density at radius 3 is 2.58 bits per heavy atom. The number of aromatic nitrogens is 1. The van der Waals surface area contributed by atoms with Gasteiger partial charge in [0.2, 0.25) is 17.7 Å². The number of thioether (sulfide) groups is 1.